The van der Waals surface area contributed by atoms with Crippen molar-refractivity contribution in [2.45, 2.75) is 26.1 Å². The summed E-state index contributed by atoms with van der Waals surface area (Å²) < 4.78 is 20.7. The average molecular weight is 296 g/mol. The molecule has 1 aromatic rings. The van der Waals surface area contributed by atoms with Crippen LogP contribution in [-0.4, -0.2) is 40.0 Å². The molecule has 0 aliphatic carbocycles. The van der Waals surface area contributed by atoms with Crippen LogP contribution in [0.1, 0.15) is 42.0 Å². The molecule has 0 aliphatic heterocycles. The quantitative estimate of drug-likeness (QED) is 0.377. The van der Waals surface area contributed by atoms with E-state index < -0.39 is 6.29 Å². The van der Waals surface area contributed by atoms with Crippen molar-refractivity contribution in [2.24, 2.45) is 0 Å². The summed E-state index contributed by atoms with van der Waals surface area (Å²) in [6.45, 7) is 3.51. The van der Waals surface area contributed by atoms with Crippen LogP contribution in [0.15, 0.2) is 24.3 Å². The van der Waals surface area contributed by atoms with Crippen LogP contribution in [0.25, 0.3) is 0 Å². The highest BCUT2D eigenvalue weighted by atomic mass is 16.7. The zero-order valence-electron chi connectivity index (χ0n) is 13.0. The number of hydrogen-bond acceptors (Lipinski definition) is 5. The van der Waals surface area contributed by atoms with Crippen LogP contribution in [0.2, 0.25) is 0 Å². The highest BCUT2D eigenvalue weighted by Gasteiger charge is 2.11. The number of esters is 1. The van der Waals surface area contributed by atoms with Crippen LogP contribution >= 0.6 is 0 Å². The summed E-state index contributed by atoms with van der Waals surface area (Å²) in [6, 6.07) is 6.96. The van der Waals surface area contributed by atoms with Gasteiger partial charge in [-0.15, -0.1) is 0 Å². The summed E-state index contributed by atoms with van der Waals surface area (Å²) in [5.74, 6) is -0.355. The Hall–Kier alpha value is -1.43. The molecule has 0 bridgehead atoms. The number of rotatable bonds is 10. The first kappa shape index (κ1) is 17.6. The van der Waals surface area contributed by atoms with E-state index in [9.17, 15) is 4.79 Å². The standard InChI is InChI=1S/C16H24O5/c1-4-5-10-20-11-12-21-15(17)13-6-8-14(9-7-13)16(18-2)19-3/h6-9,16H,4-5,10-12H2,1-3H3. The molecule has 0 saturated heterocycles. The van der Waals surface area contributed by atoms with Gasteiger partial charge in [-0.05, 0) is 18.6 Å². The molecule has 0 aromatic heterocycles. The first-order valence-corrected chi connectivity index (χ1v) is 7.13. The van der Waals surface area contributed by atoms with Crippen LogP contribution in [0.5, 0.6) is 0 Å². The highest BCUT2D eigenvalue weighted by Crippen LogP contribution is 2.17. The number of hydrogen-bond donors (Lipinski definition) is 0. The third-order valence-electron chi connectivity index (χ3n) is 2.95. The second-order valence-electron chi connectivity index (χ2n) is 4.53. The van der Waals surface area contributed by atoms with E-state index in [4.69, 9.17) is 18.9 Å². The molecule has 0 amide bonds. The number of methoxy groups -OCH3 is 2. The molecule has 1 aromatic carbocycles. The van der Waals surface area contributed by atoms with E-state index in [-0.39, 0.29) is 12.6 Å². The molecule has 0 heterocycles. The SMILES string of the molecule is CCCCOCCOC(=O)c1ccc(C(OC)OC)cc1. The van der Waals surface area contributed by atoms with Crippen molar-refractivity contribution in [1.82, 2.24) is 0 Å². The van der Waals surface area contributed by atoms with Crippen LogP contribution in [0.4, 0.5) is 0 Å². The van der Waals surface area contributed by atoms with Crippen LogP contribution in [0, 0.1) is 0 Å². The van der Waals surface area contributed by atoms with E-state index in [0.29, 0.717) is 18.8 Å². The van der Waals surface area contributed by atoms with Crippen LogP contribution in [-0.2, 0) is 18.9 Å². The summed E-state index contributed by atoms with van der Waals surface area (Å²) in [5.41, 5.74) is 1.35. The Labute approximate surface area is 126 Å². The monoisotopic (exact) mass is 296 g/mol. The number of carbonyl (C=O) groups excluding carboxylic acids is 1. The van der Waals surface area contributed by atoms with Crippen LogP contribution in [0.3, 0.4) is 0 Å². The van der Waals surface area contributed by atoms with Crippen molar-refractivity contribution in [3.05, 3.63) is 35.4 Å². The van der Waals surface area contributed by atoms with Gasteiger partial charge in [-0.3, -0.25) is 0 Å². The topological polar surface area (TPSA) is 54.0 Å². The van der Waals surface area contributed by atoms with Crippen molar-refractivity contribution < 1.29 is 23.7 Å². The Morgan fingerprint density at radius 1 is 1.05 bits per heavy atom. The van der Waals surface area contributed by atoms with E-state index in [0.717, 1.165) is 18.4 Å². The zero-order valence-corrected chi connectivity index (χ0v) is 13.0. The summed E-state index contributed by atoms with van der Waals surface area (Å²) in [6.07, 6.45) is 1.69. The summed E-state index contributed by atoms with van der Waals surface area (Å²) >= 11 is 0. The normalized spacial score (nSPS) is 10.9. The van der Waals surface area contributed by atoms with Crippen molar-refractivity contribution in [3.8, 4) is 0 Å². The third kappa shape index (κ3) is 6.25. The fourth-order valence-corrected chi connectivity index (χ4v) is 1.77. The van der Waals surface area contributed by atoms with E-state index in [1.807, 2.05) is 0 Å². The summed E-state index contributed by atoms with van der Waals surface area (Å²) in [4.78, 5) is 11.8. The lowest BCUT2D eigenvalue weighted by atomic mass is 10.1. The number of carbonyl (C=O) groups is 1. The van der Waals surface area contributed by atoms with Crippen LogP contribution < -0.4 is 0 Å². The molecule has 5 heteroatoms. The molecule has 0 aliphatic rings. The van der Waals surface area contributed by atoms with Gasteiger partial charge in [0.15, 0.2) is 6.29 Å². The minimum Gasteiger partial charge on any atom is -0.460 e. The summed E-state index contributed by atoms with van der Waals surface area (Å²) in [7, 11) is 3.13. The van der Waals surface area contributed by atoms with Crippen molar-refractivity contribution >= 4 is 5.97 Å². The molecular weight excluding hydrogens is 272 g/mol. The Balaban J connectivity index is 2.37. The zero-order chi connectivity index (χ0) is 15.5. The van der Waals surface area contributed by atoms with Crippen molar-refractivity contribution in [2.75, 3.05) is 34.0 Å². The first-order chi connectivity index (χ1) is 10.2. The molecule has 0 radical (unpaired) electrons. The number of benzene rings is 1. The molecule has 0 saturated carbocycles. The Kier molecular flexibility index (Phi) is 8.66. The molecule has 1 rings (SSSR count). The molecule has 0 unspecified atom stereocenters. The maximum atomic E-state index is 11.8. The minimum absolute atomic E-state index is 0.267. The first-order valence-electron chi connectivity index (χ1n) is 7.13. The molecule has 5 nitrogen and oxygen atoms in total. The van der Waals surface area contributed by atoms with Crippen molar-refractivity contribution in [3.63, 3.8) is 0 Å². The largest absolute Gasteiger partial charge is 0.460 e. The maximum absolute atomic E-state index is 11.8. The van der Waals surface area contributed by atoms with E-state index in [1.54, 1.807) is 38.5 Å². The second kappa shape index (κ2) is 10.3. The smallest absolute Gasteiger partial charge is 0.338 e. The number of unbranched alkanes of at least 4 members (excludes halogenated alkanes) is 1. The van der Waals surface area contributed by atoms with Gasteiger partial charge in [-0.25, -0.2) is 4.79 Å². The summed E-state index contributed by atoms with van der Waals surface area (Å²) in [5, 5.41) is 0. The maximum Gasteiger partial charge on any atom is 0.338 e. The predicted octanol–water partition coefficient (Wildman–Crippen LogP) is 2.95. The minimum atomic E-state index is -0.429. The van der Waals surface area contributed by atoms with Gasteiger partial charge in [-0.2, -0.15) is 0 Å². The molecule has 0 spiro atoms. The van der Waals surface area contributed by atoms with Gasteiger partial charge in [0.1, 0.15) is 6.61 Å². The lowest BCUT2D eigenvalue weighted by molar-refractivity contribution is -0.106. The molecule has 118 valence electrons. The van der Waals surface area contributed by atoms with Gasteiger partial charge in [0.05, 0.1) is 12.2 Å². The lowest BCUT2D eigenvalue weighted by Crippen LogP contribution is -2.11. The van der Waals surface area contributed by atoms with Gasteiger partial charge in [0.25, 0.3) is 0 Å². The van der Waals surface area contributed by atoms with E-state index in [2.05, 4.69) is 6.92 Å². The molecule has 0 atom stereocenters. The molecular formula is C16H24O5. The predicted molar refractivity (Wildman–Crippen MR) is 79.2 cm³/mol. The van der Waals surface area contributed by atoms with E-state index >= 15 is 0 Å². The van der Waals surface area contributed by atoms with Gasteiger partial charge in [-0.1, -0.05) is 25.5 Å². The fraction of sp³-hybridized carbons (Fsp3) is 0.562. The molecule has 21 heavy (non-hydrogen) atoms. The lowest BCUT2D eigenvalue weighted by Gasteiger charge is -2.13. The highest BCUT2D eigenvalue weighted by molar-refractivity contribution is 5.89. The third-order valence-corrected chi connectivity index (χ3v) is 2.95. The van der Waals surface area contributed by atoms with Gasteiger partial charge < -0.3 is 18.9 Å². The fourth-order valence-electron chi connectivity index (χ4n) is 1.77. The van der Waals surface area contributed by atoms with Gasteiger partial charge in [0, 0.05) is 26.4 Å². The Morgan fingerprint density at radius 2 is 1.71 bits per heavy atom. The Morgan fingerprint density at radius 3 is 2.29 bits per heavy atom. The van der Waals surface area contributed by atoms with Crippen molar-refractivity contribution in [1.29, 1.82) is 0 Å². The average Bonchev–Trinajstić information content (AvgIpc) is 2.52. The van der Waals surface area contributed by atoms with Gasteiger partial charge >= 0.3 is 5.97 Å². The second-order valence-corrected chi connectivity index (χ2v) is 4.53. The Bertz CT molecular complexity index is 398. The van der Waals surface area contributed by atoms with E-state index in [1.165, 1.54) is 0 Å². The molecule has 0 N–H and O–H groups in total. The van der Waals surface area contributed by atoms with Gasteiger partial charge in [0.2, 0.25) is 0 Å². The molecule has 0 fully saturated rings. The number of ether oxygens (including phenoxy) is 4.